The molecule has 0 saturated carbocycles. The summed E-state index contributed by atoms with van der Waals surface area (Å²) in [5, 5.41) is 14.0. The molecule has 0 saturated heterocycles. The molecule has 0 bridgehead atoms. The van der Waals surface area contributed by atoms with Crippen LogP contribution in [-0.4, -0.2) is 19.6 Å². The number of nitrogens with zero attached hydrogens (tertiary/aromatic N) is 1. The third-order valence-corrected chi connectivity index (χ3v) is 3.56. The van der Waals surface area contributed by atoms with E-state index in [9.17, 15) is 10.1 Å². The van der Waals surface area contributed by atoms with E-state index in [2.05, 4.69) is 12.2 Å². The normalized spacial score (nSPS) is 11.1. The van der Waals surface area contributed by atoms with E-state index < -0.39 is 0 Å². The fraction of sp³-hybridized carbons (Fsp3) is 0.263. The predicted molar refractivity (Wildman–Crippen MR) is 92.0 cm³/mol. The quantitative estimate of drug-likeness (QED) is 0.503. The SMILES string of the molecule is CCCCNC(=O)/C(C#N)=C/c1ccc2cc(OC)ccc2c1. The van der Waals surface area contributed by atoms with Crippen molar-refractivity contribution in [2.24, 2.45) is 0 Å². The number of methoxy groups -OCH3 is 1. The Kier molecular flexibility index (Phi) is 5.76. The number of fused-ring (bicyclic) bond motifs is 1. The van der Waals surface area contributed by atoms with Crippen LogP contribution in [0.25, 0.3) is 16.8 Å². The van der Waals surface area contributed by atoms with Gasteiger partial charge in [-0.25, -0.2) is 0 Å². The van der Waals surface area contributed by atoms with Gasteiger partial charge in [0.2, 0.25) is 0 Å². The Hall–Kier alpha value is -2.80. The van der Waals surface area contributed by atoms with Gasteiger partial charge in [-0.05, 0) is 47.0 Å². The molecule has 0 aliphatic carbocycles. The number of nitrogens with one attached hydrogen (secondary N) is 1. The fourth-order valence-corrected chi connectivity index (χ4v) is 2.25. The van der Waals surface area contributed by atoms with E-state index in [1.165, 1.54) is 0 Å². The minimum absolute atomic E-state index is 0.119. The van der Waals surface area contributed by atoms with Crippen molar-refractivity contribution >= 4 is 22.8 Å². The Morgan fingerprint density at radius 3 is 2.70 bits per heavy atom. The summed E-state index contributed by atoms with van der Waals surface area (Å²) < 4.78 is 5.20. The van der Waals surface area contributed by atoms with Crippen molar-refractivity contribution in [3.8, 4) is 11.8 Å². The van der Waals surface area contributed by atoms with E-state index in [1.54, 1.807) is 13.2 Å². The van der Waals surface area contributed by atoms with Gasteiger partial charge in [0.1, 0.15) is 17.4 Å². The van der Waals surface area contributed by atoms with Crippen molar-refractivity contribution in [3.63, 3.8) is 0 Å². The topological polar surface area (TPSA) is 62.1 Å². The smallest absolute Gasteiger partial charge is 0.261 e. The molecule has 4 heteroatoms. The second-order valence-electron chi connectivity index (χ2n) is 5.25. The number of rotatable bonds is 6. The molecule has 118 valence electrons. The predicted octanol–water partition coefficient (Wildman–Crippen LogP) is 3.67. The fourth-order valence-electron chi connectivity index (χ4n) is 2.25. The van der Waals surface area contributed by atoms with Gasteiger partial charge in [0, 0.05) is 6.54 Å². The standard InChI is InChI=1S/C19H20N2O2/c1-3-4-9-21-19(22)17(13-20)11-14-5-6-16-12-18(23-2)8-7-15(16)10-14/h5-8,10-12H,3-4,9H2,1-2H3,(H,21,22)/b17-11+. The summed E-state index contributed by atoms with van der Waals surface area (Å²) in [4.78, 5) is 12.0. The zero-order valence-electron chi connectivity index (χ0n) is 13.4. The minimum atomic E-state index is -0.323. The molecule has 0 atom stereocenters. The Balaban J connectivity index is 2.24. The average Bonchev–Trinajstić information content (AvgIpc) is 2.59. The first-order chi connectivity index (χ1) is 11.2. The molecule has 0 unspecified atom stereocenters. The van der Waals surface area contributed by atoms with E-state index in [0.717, 1.165) is 34.9 Å². The summed E-state index contributed by atoms with van der Waals surface area (Å²) in [5.41, 5.74) is 0.943. The highest BCUT2D eigenvalue weighted by molar-refractivity contribution is 6.02. The van der Waals surface area contributed by atoms with Crippen molar-refractivity contribution in [1.82, 2.24) is 5.32 Å². The van der Waals surface area contributed by atoms with E-state index >= 15 is 0 Å². The van der Waals surface area contributed by atoms with Gasteiger partial charge in [0.25, 0.3) is 5.91 Å². The molecule has 1 N–H and O–H groups in total. The van der Waals surface area contributed by atoms with E-state index in [4.69, 9.17) is 4.74 Å². The molecule has 0 spiro atoms. The van der Waals surface area contributed by atoms with Crippen molar-refractivity contribution in [1.29, 1.82) is 5.26 Å². The maximum absolute atomic E-state index is 12.0. The Labute approximate surface area is 136 Å². The van der Waals surface area contributed by atoms with Gasteiger partial charge in [-0.1, -0.05) is 31.5 Å². The van der Waals surface area contributed by atoms with Gasteiger partial charge in [-0.15, -0.1) is 0 Å². The third-order valence-electron chi connectivity index (χ3n) is 3.56. The van der Waals surface area contributed by atoms with Gasteiger partial charge >= 0.3 is 0 Å². The van der Waals surface area contributed by atoms with Crippen molar-refractivity contribution in [3.05, 3.63) is 47.5 Å². The van der Waals surface area contributed by atoms with Crippen LogP contribution in [0.1, 0.15) is 25.3 Å². The number of nitriles is 1. The number of carbonyl (C=O) groups excluding carboxylic acids is 1. The lowest BCUT2D eigenvalue weighted by Crippen LogP contribution is -2.25. The monoisotopic (exact) mass is 308 g/mol. The van der Waals surface area contributed by atoms with Crippen LogP contribution in [0, 0.1) is 11.3 Å². The largest absolute Gasteiger partial charge is 0.497 e. The Morgan fingerprint density at radius 2 is 2.00 bits per heavy atom. The maximum Gasteiger partial charge on any atom is 0.261 e. The van der Waals surface area contributed by atoms with Crippen molar-refractivity contribution in [2.75, 3.05) is 13.7 Å². The van der Waals surface area contributed by atoms with Gasteiger partial charge in [-0.3, -0.25) is 4.79 Å². The first-order valence-electron chi connectivity index (χ1n) is 7.65. The summed E-state index contributed by atoms with van der Waals surface area (Å²) >= 11 is 0. The summed E-state index contributed by atoms with van der Waals surface area (Å²) in [7, 11) is 1.63. The van der Waals surface area contributed by atoms with E-state index in [1.807, 2.05) is 42.5 Å². The number of hydrogen-bond acceptors (Lipinski definition) is 3. The number of ether oxygens (including phenoxy) is 1. The first-order valence-corrected chi connectivity index (χ1v) is 7.65. The number of benzene rings is 2. The molecule has 2 aromatic carbocycles. The van der Waals surface area contributed by atoms with Gasteiger partial charge in [-0.2, -0.15) is 5.26 Å². The molecule has 4 nitrogen and oxygen atoms in total. The number of amides is 1. The highest BCUT2D eigenvalue weighted by Gasteiger charge is 2.08. The molecule has 0 fully saturated rings. The van der Waals surface area contributed by atoms with Crippen molar-refractivity contribution in [2.45, 2.75) is 19.8 Å². The number of hydrogen-bond donors (Lipinski definition) is 1. The zero-order chi connectivity index (χ0) is 16.7. The minimum Gasteiger partial charge on any atom is -0.497 e. The van der Waals surface area contributed by atoms with Gasteiger partial charge in [0.15, 0.2) is 0 Å². The molecule has 2 rings (SSSR count). The van der Waals surface area contributed by atoms with Crippen LogP contribution in [0.5, 0.6) is 5.75 Å². The lowest BCUT2D eigenvalue weighted by molar-refractivity contribution is -0.117. The molecule has 0 heterocycles. The Morgan fingerprint density at radius 1 is 1.26 bits per heavy atom. The van der Waals surface area contributed by atoms with Crippen LogP contribution in [0.4, 0.5) is 0 Å². The van der Waals surface area contributed by atoms with Crippen molar-refractivity contribution < 1.29 is 9.53 Å². The molecule has 23 heavy (non-hydrogen) atoms. The maximum atomic E-state index is 12.0. The number of unbranched alkanes of at least 4 members (excludes halogenated alkanes) is 1. The molecule has 0 aromatic heterocycles. The van der Waals surface area contributed by atoms with Crippen LogP contribution in [0.3, 0.4) is 0 Å². The second kappa shape index (κ2) is 8.00. The van der Waals surface area contributed by atoms with Crippen LogP contribution < -0.4 is 10.1 Å². The molecule has 2 aromatic rings. The third kappa shape index (κ3) is 4.33. The highest BCUT2D eigenvalue weighted by Crippen LogP contribution is 2.22. The first kappa shape index (κ1) is 16.6. The molecule has 0 aliphatic rings. The second-order valence-corrected chi connectivity index (χ2v) is 5.25. The molecular weight excluding hydrogens is 288 g/mol. The molecule has 0 radical (unpaired) electrons. The van der Waals surface area contributed by atoms with E-state index in [-0.39, 0.29) is 11.5 Å². The molecule has 0 aliphatic heterocycles. The summed E-state index contributed by atoms with van der Waals surface area (Å²) in [5.74, 6) is 0.476. The lowest BCUT2D eigenvalue weighted by Gasteiger charge is -2.05. The zero-order valence-corrected chi connectivity index (χ0v) is 13.4. The number of carbonyl (C=O) groups is 1. The average molecular weight is 308 g/mol. The van der Waals surface area contributed by atoms with Gasteiger partial charge < -0.3 is 10.1 Å². The van der Waals surface area contributed by atoms with Crippen LogP contribution in [-0.2, 0) is 4.79 Å². The summed E-state index contributed by atoms with van der Waals surface area (Å²) in [6.45, 7) is 2.64. The summed E-state index contributed by atoms with van der Waals surface area (Å²) in [6.07, 6.45) is 3.52. The van der Waals surface area contributed by atoms with Crippen LogP contribution in [0.15, 0.2) is 42.0 Å². The highest BCUT2D eigenvalue weighted by atomic mass is 16.5. The lowest BCUT2D eigenvalue weighted by atomic mass is 10.0. The van der Waals surface area contributed by atoms with Crippen LogP contribution in [0.2, 0.25) is 0 Å². The Bertz CT molecular complexity index is 773. The van der Waals surface area contributed by atoms with Crippen LogP contribution >= 0.6 is 0 Å². The molecule has 1 amide bonds. The van der Waals surface area contributed by atoms with Gasteiger partial charge in [0.05, 0.1) is 7.11 Å². The van der Waals surface area contributed by atoms with E-state index in [0.29, 0.717) is 6.54 Å². The molecular formula is C19H20N2O2. The summed E-state index contributed by atoms with van der Waals surface area (Å²) in [6, 6.07) is 13.6.